The van der Waals surface area contributed by atoms with Crippen LogP contribution in [0.25, 0.3) is 0 Å². The molecular weight excluding hydrogens is 198 g/mol. The molecule has 1 aromatic carbocycles. The van der Waals surface area contributed by atoms with Gasteiger partial charge in [-0.15, -0.1) is 0 Å². The molecule has 0 aliphatic carbocycles. The normalized spacial score (nSPS) is 11.6. The number of halogens is 1. The smallest absolute Gasteiger partial charge is 0.120 e. The number of rotatable bonds is 2. The standard InChI is InChI=1S/C11H16ClNO/c1-7-9(11(2,3)13)5-8(14-4)6-10(7)12/h5-6H,13H2,1-4H3. The van der Waals surface area contributed by atoms with E-state index < -0.39 is 5.54 Å². The van der Waals surface area contributed by atoms with Gasteiger partial charge in [0.2, 0.25) is 0 Å². The fourth-order valence-electron chi connectivity index (χ4n) is 1.44. The van der Waals surface area contributed by atoms with Gasteiger partial charge in [0.1, 0.15) is 5.75 Å². The van der Waals surface area contributed by atoms with Gasteiger partial charge in [0.05, 0.1) is 7.11 Å². The van der Waals surface area contributed by atoms with Crippen LogP contribution in [0.3, 0.4) is 0 Å². The SMILES string of the molecule is COc1cc(Cl)c(C)c(C(C)(C)N)c1. The van der Waals surface area contributed by atoms with Gasteiger partial charge in [0.15, 0.2) is 0 Å². The zero-order valence-electron chi connectivity index (χ0n) is 9.02. The highest BCUT2D eigenvalue weighted by atomic mass is 35.5. The third-order valence-corrected chi connectivity index (χ3v) is 2.64. The van der Waals surface area contributed by atoms with Crippen LogP contribution in [0.2, 0.25) is 5.02 Å². The zero-order chi connectivity index (χ0) is 10.9. The molecule has 0 bridgehead atoms. The van der Waals surface area contributed by atoms with E-state index >= 15 is 0 Å². The summed E-state index contributed by atoms with van der Waals surface area (Å²) < 4.78 is 5.15. The summed E-state index contributed by atoms with van der Waals surface area (Å²) in [6.07, 6.45) is 0. The van der Waals surface area contributed by atoms with E-state index in [1.165, 1.54) is 0 Å². The number of nitrogens with two attached hydrogens (primary N) is 1. The monoisotopic (exact) mass is 213 g/mol. The van der Waals surface area contributed by atoms with E-state index in [4.69, 9.17) is 22.1 Å². The predicted molar refractivity (Wildman–Crippen MR) is 60.0 cm³/mol. The molecule has 2 N–H and O–H groups in total. The maximum Gasteiger partial charge on any atom is 0.120 e. The van der Waals surface area contributed by atoms with Gasteiger partial charge in [0, 0.05) is 10.6 Å². The van der Waals surface area contributed by atoms with E-state index in [9.17, 15) is 0 Å². The molecule has 0 aromatic heterocycles. The van der Waals surface area contributed by atoms with Crippen molar-refractivity contribution in [2.45, 2.75) is 26.3 Å². The molecular formula is C11H16ClNO. The minimum absolute atomic E-state index is 0.401. The molecule has 0 radical (unpaired) electrons. The molecule has 0 amide bonds. The first-order valence-electron chi connectivity index (χ1n) is 4.49. The van der Waals surface area contributed by atoms with E-state index in [2.05, 4.69) is 0 Å². The fourth-order valence-corrected chi connectivity index (χ4v) is 1.65. The topological polar surface area (TPSA) is 35.2 Å². The van der Waals surface area contributed by atoms with Crippen molar-refractivity contribution in [2.75, 3.05) is 7.11 Å². The number of hydrogen-bond donors (Lipinski definition) is 1. The minimum Gasteiger partial charge on any atom is -0.497 e. The second-order valence-electron chi connectivity index (χ2n) is 4.00. The van der Waals surface area contributed by atoms with E-state index in [1.807, 2.05) is 26.8 Å². The van der Waals surface area contributed by atoms with E-state index in [0.717, 1.165) is 16.9 Å². The highest BCUT2D eigenvalue weighted by molar-refractivity contribution is 6.31. The molecule has 3 heteroatoms. The van der Waals surface area contributed by atoms with Crippen molar-refractivity contribution in [2.24, 2.45) is 5.73 Å². The largest absolute Gasteiger partial charge is 0.497 e. The van der Waals surface area contributed by atoms with Crippen molar-refractivity contribution < 1.29 is 4.74 Å². The van der Waals surface area contributed by atoms with Gasteiger partial charge < -0.3 is 10.5 Å². The highest BCUT2D eigenvalue weighted by Crippen LogP contribution is 2.31. The van der Waals surface area contributed by atoms with Crippen LogP contribution in [-0.2, 0) is 5.54 Å². The summed E-state index contributed by atoms with van der Waals surface area (Å²) in [5, 5.41) is 0.692. The Kier molecular flexibility index (Phi) is 3.07. The Morgan fingerprint density at radius 1 is 1.36 bits per heavy atom. The summed E-state index contributed by atoms with van der Waals surface area (Å²) in [6.45, 7) is 5.86. The lowest BCUT2D eigenvalue weighted by Gasteiger charge is -2.23. The Morgan fingerprint density at radius 2 is 1.93 bits per heavy atom. The predicted octanol–water partition coefficient (Wildman–Crippen LogP) is 2.85. The second-order valence-corrected chi connectivity index (χ2v) is 4.41. The van der Waals surface area contributed by atoms with Crippen LogP contribution >= 0.6 is 11.6 Å². The Hall–Kier alpha value is -0.730. The van der Waals surface area contributed by atoms with Crippen molar-refractivity contribution in [3.8, 4) is 5.75 Å². The first-order valence-corrected chi connectivity index (χ1v) is 4.87. The number of methoxy groups -OCH3 is 1. The van der Waals surface area contributed by atoms with Gasteiger partial charge >= 0.3 is 0 Å². The molecule has 0 heterocycles. The third kappa shape index (κ3) is 2.20. The molecule has 1 rings (SSSR count). The number of hydrogen-bond acceptors (Lipinski definition) is 2. The zero-order valence-corrected chi connectivity index (χ0v) is 9.77. The average Bonchev–Trinajstić information content (AvgIpc) is 2.07. The Morgan fingerprint density at radius 3 is 2.36 bits per heavy atom. The Labute approximate surface area is 90.0 Å². The van der Waals surface area contributed by atoms with Gasteiger partial charge in [-0.1, -0.05) is 11.6 Å². The Bertz CT molecular complexity index is 342. The van der Waals surface area contributed by atoms with Gasteiger partial charge in [-0.2, -0.15) is 0 Å². The van der Waals surface area contributed by atoms with Gasteiger partial charge in [-0.05, 0) is 44.0 Å². The lowest BCUT2D eigenvalue weighted by Crippen LogP contribution is -2.29. The maximum atomic E-state index is 6.07. The van der Waals surface area contributed by atoms with Crippen LogP contribution in [0.4, 0.5) is 0 Å². The summed E-state index contributed by atoms with van der Waals surface area (Å²) in [7, 11) is 1.62. The lowest BCUT2D eigenvalue weighted by molar-refractivity contribution is 0.412. The summed E-state index contributed by atoms with van der Waals surface area (Å²) in [5.74, 6) is 0.745. The number of benzene rings is 1. The molecule has 0 saturated carbocycles. The molecule has 0 unspecified atom stereocenters. The van der Waals surface area contributed by atoms with Crippen LogP contribution < -0.4 is 10.5 Å². The summed E-state index contributed by atoms with van der Waals surface area (Å²) in [4.78, 5) is 0. The van der Waals surface area contributed by atoms with E-state index in [-0.39, 0.29) is 0 Å². The maximum absolute atomic E-state index is 6.07. The summed E-state index contributed by atoms with van der Waals surface area (Å²) in [6, 6.07) is 3.73. The van der Waals surface area contributed by atoms with Gasteiger partial charge in [-0.25, -0.2) is 0 Å². The van der Waals surface area contributed by atoms with Crippen molar-refractivity contribution in [1.82, 2.24) is 0 Å². The van der Waals surface area contributed by atoms with Crippen LogP contribution in [0.1, 0.15) is 25.0 Å². The van der Waals surface area contributed by atoms with Crippen LogP contribution in [0.5, 0.6) is 5.75 Å². The lowest BCUT2D eigenvalue weighted by atomic mass is 9.91. The minimum atomic E-state index is -0.401. The molecule has 0 spiro atoms. The second kappa shape index (κ2) is 3.79. The van der Waals surface area contributed by atoms with Gasteiger partial charge in [0.25, 0.3) is 0 Å². The van der Waals surface area contributed by atoms with Crippen molar-refractivity contribution in [3.63, 3.8) is 0 Å². The third-order valence-electron chi connectivity index (χ3n) is 2.25. The van der Waals surface area contributed by atoms with Crippen LogP contribution in [0, 0.1) is 6.92 Å². The molecule has 1 aromatic rings. The van der Waals surface area contributed by atoms with Crippen molar-refractivity contribution >= 4 is 11.6 Å². The molecule has 0 aliphatic rings. The molecule has 0 atom stereocenters. The van der Waals surface area contributed by atoms with E-state index in [0.29, 0.717) is 5.02 Å². The molecule has 14 heavy (non-hydrogen) atoms. The first kappa shape index (κ1) is 11.3. The molecule has 78 valence electrons. The molecule has 2 nitrogen and oxygen atoms in total. The molecule has 0 aliphatic heterocycles. The van der Waals surface area contributed by atoms with Crippen LogP contribution in [-0.4, -0.2) is 7.11 Å². The van der Waals surface area contributed by atoms with Crippen LogP contribution in [0.15, 0.2) is 12.1 Å². The van der Waals surface area contributed by atoms with Crippen molar-refractivity contribution in [1.29, 1.82) is 0 Å². The Balaban J connectivity index is 3.35. The van der Waals surface area contributed by atoms with E-state index in [1.54, 1.807) is 13.2 Å². The summed E-state index contributed by atoms with van der Waals surface area (Å²) in [5.41, 5.74) is 7.66. The highest BCUT2D eigenvalue weighted by Gasteiger charge is 2.19. The quantitative estimate of drug-likeness (QED) is 0.820. The first-order chi connectivity index (χ1) is 6.36. The number of ether oxygens (including phenoxy) is 1. The molecule has 0 saturated heterocycles. The fraction of sp³-hybridized carbons (Fsp3) is 0.455. The average molecular weight is 214 g/mol. The summed E-state index contributed by atoms with van der Waals surface area (Å²) >= 11 is 6.07. The van der Waals surface area contributed by atoms with Crippen molar-refractivity contribution in [3.05, 3.63) is 28.3 Å². The van der Waals surface area contributed by atoms with Gasteiger partial charge in [-0.3, -0.25) is 0 Å². The molecule has 0 fully saturated rings.